The maximum absolute atomic E-state index is 12.2. The Kier molecular flexibility index (Phi) is 3.67. The standard InChI is InChI=1S/C17H20N2O3S/c1-17(2)9-8-12-6-4-5-7-13(12)15(17)14-10-18-11-19(20)16(14)23(3,21)22/h4-7,10-11,15H,8-9H2,1-3H3. The smallest absolute Gasteiger partial charge is 0.290 e. The fourth-order valence-corrected chi connectivity index (χ4v) is 4.61. The van der Waals surface area contributed by atoms with E-state index in [2.05, 4.69) is 24.9 Å². The lowest BCUT2D eigenvalue weighted by Gasteiger charge is -2.40. The molecule has 0 amide bonds. The third kappa shape index (κ3) is 2.72. The molecule has 1 unspecified atom stereocenters. The van der Waals surface area contributed by atoms with Gasteiger partial charge >= 0.3 is 0 Å². The van der Waals surface area contributed by atoms with Crippen LogP contribution in [-0.4, -0.2) is 19.7 Å². The van der Waals surface area contributed by atoms with Gasteiger partial charge in [0.1, 0.15) is 6.20 Å². The number of aryl methyl sites for hydroxylation is 1. The predicted octanol–water partition coefficient (Wildman–Crippen LogP) is 2.22. The van der Waals surface area contributed by atoms with Crippen molar-refractivity contribution in [3.63, 3.8) is 0 Å². The Bertz CT molecular complexity index is 860. The van der Waals surface area contributed by atoms with Gasteiger partial charge in [-0.05, 0) is 29.4 Å². The Morgan fingerprint density at radius 2 is 1.96 bits per heavy atom. The van der Waals surface area contributed by atoms with Crippen molar-refractivity contribution in [3.05, 3.63) is 58.7 Å². The lowest BCUT2D eigenvalue weighted by molar-refractivity contribution is -0.650. The molecule has 0 radical (unpaired) electrons. The highest BCUT2D eigenvalue weighted by molar-refractivity contribution is 7.90. The second-order valence-electron chi connectivity index (χ2n) is 6.87. The summed E-state index contributed by atoms with van der Waals surface area (Å²) in [5.74, 6) is -0.175. The largest absolute Gasteiger partial charge is 0.710 e. The van der Waals surface area contributed by atoms with Crippen LogP contribution in [0, 0.1) is 10.6 Å². The van der Waals surface area contributed by atoms with Gasteiger partial charge in [-0.1, -0.05) is 43.1 Å². The topological polar surface area (TPSA) is 74.0 Å². The number of sulfone groups is 1. The molecule has 1 aliphatic rings. The summed E-state index contributed by atoms with van der Waals surface area (Å²) in [5.41, 5.74) is 2.62. The van der Waals surface area contributed by atoms with Gasteiger partial charge in [0.25, 0.3) is 6.33 Å². The molecule has 1 aromatic heterocycles. The number of aromatic nitrogens is 2. The van der Waals surface area contributed by atoms with Crippen LogP contribution in [0.5, 0.6) is 0 Å². The molecule has 1 atom stereocenters. The van der Waals surface area contributed by atoms with Crippen LogP contribution in [0.25, 0.3) is 0 Å². The molecule has 1 aliphatic carbocycles. The first kappa shape index (κ1) is 15.9. The van der Waals surface area contributed by atoms with E-state index in [-0.39, 0.29) is 16.4 Å². The molecule has 0 N–H and O–H groups in total. The van der Waals surface area contributed by atoms with Crippen molar-refractivity contribution in [1.29, 1.82) is 0 Å². The van der Waals surface area contributed by atoms with Gasteiger partial charge in [0.15, 0.2) is 0 Å². The number of benzene rings is 1. The van der Waals surface area contributed by atoms with Crippen molar-refractivity contribution in [2.24, 2.45) is 5.41 Å². The third-order valence-electron chi connectivity index (χ3n) is 4.68. The zero-order valence-electron chi connectivity index (χ0n) is 13.5. The van der Waals surface area contributed by atoms with Crippen LogP contribution in [0.4, 0.5) is 0 Å². The van der Waals surface area contributed by atoms with Gasteiger partial charge in [0.2, 0.25) is 14.9 Å². The van der Waals surface area contributed by atoms with E-state index in [1.54, 1.807) is 0 Å². The molecule has 0 bridgehead atoms. The Hall–Kier alpha value is -1.95. The maximum Gasteiger partial charge on any atom is 0.290 e. The average molecular weight is 332 g/mol. The predicted molar refractivity (Wildman–Crippen MR) is 86.7 cm³/mol. The summed E-state index contributed by atoms with van der Waals surface area (Å²) in [6, 6.07) is 8.03. The molecule has 0 saturated heterocycles. The summed E-state index contributed by atoms with van der Waals surface area (Å²) in [6.45, 7) is 4.23. The zero-order chi connectivity index (χ0) is 16.8. The number of hydrogen-bond donors (Lipinski definition) is 0. The fraction of sp³-hybridized carbons (Fsp3) is 0.412. The molecule has 23 heavy (non-hydrogen) atoms. The van der Waals surface area contributed by atoms with Crippen molar-refractivity contribution in [2.45, 2.75) is 37.6 Å². The number of nitrogens with zero attached hydrogens (tertiary/aromatic N) is 2. The first-order valence-corrected chi connectivity index (χ1v) is 9.46. The Labute approximate surface area is 136 Å². The van der Waals surface area contributed by atoms with E-state index in [4.69, 9.17) is 0 Å². The minimum absolute atomic E-state index is 0.163. The minimum atomic E-state index is -3.66. The summed E-state index contributed by atoms with van der Waals surface area (Å²) in [7, 11) is -3.66. The SMILES string of the molecule is CC1(C)CCc2ccccc2C1c1cnc[n+]([O-])c1S(C)(=O)=O. The summed E-state index contributed by atoms with van der Waals surface area (Å²) in [5, 5.41) is 11.9. The van der Waals surface area contributed by atoms with E-state index in [1.165, 1.54) is 11.8 Å². The maximum atomic E-state index is 12.2. The first-order chi connectivity index (χ1) is 10.7. The van der Waals surface area contributed by atoms with E-state index >= 15 is 0 Å². The van der Waals surface area contributed by atoms with Crippen molar-refractivity contribution < 1.29 is 13.1 Å². The zero-order valence-corrected chi connectivity index (χ0v) is 14.3. The van der Waals surface area contributed by atoms with Crippen LogP contribution < -0.4 is 4.73 Å². The van der Waals surface area contributed by atoms with Gasteiger partial charge in [-0.25, -0.2) is 13.1 Å². The summed E-state index contributed by atoms with van der Waals surface area (Å²) < 4.78 is 24.8. The van der Waals surface area contributed by atoms with Crippen LogP contribution in [0.2, 0.25) is 0 Å². The third-order valence-corrected chi connectivity index (χ3v) is 5.80. The second-order valence-corrected chi connectivity index (χ2v) is 8.80. The Morgan fingerprint density at radius 1 is 1.26 bits per heavy atom. The van der Waals surface area contributed by atoms with Crippen LogP contribution in [0.3, 0.4) is 0 Å². The van der Waals surface area contributed by atoms with E-state index in [0.29, 0.717) is 10.3 Å². The van der Waals surface area contributed by atoms with Crippen molar-refractivity contribution in [1.82, 2.24) is 4.98 Å². The first-order valence-electron chi connectivity index (χ1n) is 7.57. The lowest BCUT2D eigenvalue weighted by Crippen LogP contribution is -2.39. The minimum Gasteiger partial charge on any atom is -0.710 e. The molecule has 122 valence electrons. The van der Waals surface area contributed by atoms with E-state index < -0.39 is 9.84 Å². The molecule has 0 aliphatic heterocycles. The second kappa shape index (κ2) is 5.30. The van der Waals surface area contributed by atoms with Crippen LogP contribution in [0.15, 0.2) is 41.8 Å². The van der Waals surface area contributed by atoms with Gasteiger partial charge in [-0.15, -0.1) is 0 Å². The number of fused-ring (bicyclic) bond motifs is 1. The lowest BCUT2D eigenvalue weighted by atomic mass is 9.64. The molecule has 5 nitrogen and oxygen atoms in total. The summed E-state index contributed by atoms with van der Waals surface area (Å²) >= 11 is 0. The van der Waals surface area contributed by atoms with Gasteiger partial charge in [0, 0.05) is 12.2 Å². The molecule has 1 heterocycles. The Morgan fingerprint density at radius 3 is 2.65 bits per heavy atom. The molecule has 2 aromatic rings. The van der Waals surface area contributed by atoms with Crippen LogP contribution in [0.1, 0.15) is 42.9 Å². The average Bonchev–Trinajstić information content (AvgIpc) is 2.45. The molecular formula is C17H20N2O3S. The van der Waals surface area contributed by atoms with Gasteiger partial charge in [-0.2, -0.15) is 0 Å². The van der Waals surface area contributed by atoms with E-state index in [0.717, 1.165) is 31.0 Å². The summed E-state index contributed by atoms with van der Waals surface area (Å²) in [4.78, 5) is 3.96. The van der Waals surface area contributed by atoms with Crippen molar-refractivity contribution >= 4 is 9.84 Å². The highest BCUT2D eigenvalue weighted by Crippen LogP contribution is 2.49. The van der Waals surface area contributed by atoms with Crippen LogP contribution >= 0.6 is 0 Å². The number of rotatable bonds is 2. The van der Waals surface area contributed by atoms with Gasteiger partial charge in [0.05, 0.1) is 5.56 Å². The van der Waals surface area contributed by atoms with Gasteiger partial charge < -0.3 is 5.21 Å². The summed E-state index contributed by atoms with van der Waals surface area (Å²) in [6.07, 6.45) is 5.47. The highest BCUT2D eigenvalue weighted by atomic mass is 32.2. The molecule has 3 rings (SSSR count). The van der Waals surface area contributed by atoms with E-state index in [9.17, 15) is 13.6 Å². The Balaban J connectivity index is 2.32. The molecule has 6 heteroatoms. The van der Waals surface area contributed by atoms with Gasteiger partial charge in [-0.3, -0.25) is 0 Å². The molecular weight excluding hydrogens is 312 g/mol. The number of hydrogen-bond acceptors (Lipinski definition) is 4. The molecule has 0 saturated carbocycles. The van der Waals surface area contributed by atoms with Crippen molar-refractivity contribution in [2.75, 3.05) is 6.26 Å². The molecule has 1 aromatic carbocycles. The normalized spacial score (nSPS) is 20.0. The molecule has 0 spiro atoms. The van der Waals surface area contributed by atoms with Crippen LogP contribution in [-0.2, 0) is 16.3 Å². The van der Waals surface area contributed by atoms with Crippen molar-refractivity contribution in [3.8, 4) is 0 Å². The fourth-order valence-electron chi connectivity index (χ4n) is 3.64. The highest BCUT2D eigenvalue weighted by Gasteiger charge is 2.41. The van der Waals surface area contributed by atoms with E-state index in [1.807, 2.05) is 18.2 Å². The monoisotopic (exact) mass is 332 g/mol. The quantitative estimate of drug-likeness (QED) is 0.480. The molecule has 0 fully saturated rings.